The summed E-state index contributed by atoms with van der Waals surface area (Å²) in [6.07, 6.45) is -0.372. The quantitative estimate of drug-likeness (QED) is 0.753. The van der Waals surface area contributed by atoms with Crippen LogP contribution < -0.4 is 5.32 Å². The molecule has 0 spiro atoms. The molecule has 1 aromatic carbocycles. The molecule has 0 aliphatic carbocycles. The lowest BCUT2D eigenvalue weighted by atomic mass is 10.2. The molecule has 1 N–H and O–H groups in total. The maximum Gasteiger partial charge on any atom is 0.261 e. The van der Waals surface area contributed by atoms with Gasteiger partial charge in [-0.2, -0.15) is 0 Å². The van der Waals surface area contributed by atoms with Crippen LogP contribution in [0.4, 0.5) is 4.39 Å². The van der Waals surface area contributed by atoms with Crippen LogP contribution in [0.3, 0.4) is 0 Å². The Kier molecular flexibility index (Phi) is 6.53. The third kappa shape index (κ3) is 5.58. The number of ether oxygens (including phenoxy) is 2. The van der Waals surface area contributed by atoms with Crippen molar-refractivity contribution in [1.29, 1.82) is 0 Å². The average molecular weight is 340 g/mol. The van der Waals surface area contributed by atoms with Crippen molar-refractivity contribution >= 4 is 25.6 Å². The van der Waals surface area contributed by atoms with Gasteiger partial charge < -0.3 is 14.8 Å². The van der Waals surface area contributed by atoms with E-state index in [1.165, 1.54) is 14.2 Å². The van der Waals surface area contributed by atoms with E-state index in [-0.39, 0.29) is 24.8 Å². The second-order valence-electron chi connectivity index (χ2n) is 4.14. The van der Waals surface area contributed by atoms with Crippen molar-refractivity contribution in [3.8, 4) is 0 Å². The molecule has 1 unspecified atom stereocenters. The lowest BCUT2D eigenvalue weighted by Gasteiger charge is -2.15. The van der Waals surface area contributed by atoms with Crippen LogP contribution in [-0.4, -0.2) is 47.8 Å². The minimum absolute atomic E-state index is 0.128. The number of halogens is 2. The van der Waals surface area contributed by atoms with E-state index in [1.807, 2.05) is 0 Å². The van der Waals surface area contributed by atoms with Crippen LogP contribution in [0.5, 0.6) is 0 Å². The topological polar surface area (TPSA) is 81.7 Å². The Bertz CT molecular complexity index is 608. The largest absolute Gasteiger partial charge is 0.382 e. The number of carbonyl (C=O) groups excluding carboxylic acids is 1. The number of methoxy groups -OCH3 is 2. The maximum absolute atomic E-state index is 13.4. The Labute approximate surface area is 126 Å². The van der Waals surface area contributed by atoms with E-state index in [0.717, 1.165) is 18.2 Å². The normalized spacial score (nSPS) is 13.0. The van der Waals surface area contributed by atoms with Crippen LogP contribution >= 0.6 is 10.7 Å². The number of amides is 1. The molecule has 1 amide bonds. The predicted octanol–water partition coefficient (Wildman–Crippen LogP) is 1.14. The third-order valence-electron chi connectivity index (χ3n) is 2.59. The van der Waals surface area contributed by atoms with Crippen molar-refractivity contribution in [1.82, 2.24) is 5.32 Å². The minimum atomic E-state index is -4.12. The van der Waals surface area contributed by atoms with Gasteiger partial charge in [0.15, 0.2) is 0 Å². The van der Waals surface area contributed by atoms with Gasteiger partial charge in [0.05, 0.1) is 17.6 Å². The van der Waals surface area contributed by atoms with Crippen molar-refractivity contribution in [2.24, 2.45) is 0 Å². The molecule has 0 fully saturated rings. The molecule has 1 atom stereocenters. The summed E-state index contributed by atoms with van der Waals surface area (Å²) in [6.45, 7) is 0.393. The van der Waals surface area contributed by atoms with Gasteiger partial charge in [0, 0.05) is 37.0 Å². The Morgan fingerprint density at radius 2 is 2.05 bits per heavy atom. The van der Waals surface area contributed by atoms with Gasteiger partial charge in [0.25, 0.3) is 15.0 Å². The number of hydrogen-bond donors (Lipinski definition) is 1. The highest BCUT2D eigenvalue weighted by molar-refractivity contribution is 8.13. The summed E-state index contributed by atoms with van der Waals surface area (Å²) in [5.74, 6) is -1.52. The second-order valence-corrected chi connectivity index (χ2v) is 6.70. The second kappa shape index (κ2) is 7.69. The third-order valence-corrected chi connectivity index (χ3v) is 3.92. The maximum atomic E-state index is 13.4. The summed E-state index contributed by atoms with van der Waals surface area (Å²) in [5, 5.41) is 2.49. The van der Waals surface area contributed by atoms with Crippen molar-refractivity contribution in [2.75, 3.05) is 27.4 Å². The molecule has 0 aliphatic heterocycles. The number of benzene rings is 1. The number of carbonyl (C=O) groups is 1. The monoisotopic (exact) mass is 339 g/mol. The molecule has 1 rings (SSSR count). The molecule has 0 aromatic heterocycles. The molecule has 0 aliphatic rings. The van der Waals surface area contributed by atoms with Gasteiger partial charge in [-0.15, -0.1) is 0 Å². The zero-order valence-corrected chi connectivity index (χ0v) is 13.0. The minimum Gasteiger partial charge on any atom is -0.382 e. The molecule has 0 radical (unpaired) electrons. The Hall–Kier alpha value is -1.22. The van der Waals surface area contributed by atoms with Gasteiger partial charge in [-0.1, -0.05) is 0 Å². The highest BCUT2D eigenvalue weighted by Crippen LogP contribution is 2.18. The molecule has 0 heterocycles. The number of hydrogen-bond acceptors (Lipinski definition) is 5. The molecule has 1 aromatic rings. The van der Waals surface area contributed by atoms with Crippen molar-refractivity contribution in [2.45, 2.75) is 11.0 Å². The van der Waals surface area contributed by atoms with Crippen molar-refractivity contribution in [3.63, 3.8) is 0 Å². The van der Waals surface area contributed by atoms with E-state index in [4.69, 9.17) is 20.2 Å². The fourth-order valence-corrected chi connectivity index (χ4v) is 2.33. The van der Waals surface area contributed by atoms with Gasteiger partial charge in [0.1, 0.15) is 5.82 Å². The first kappa shape index (κ1) is 17.8. The van der Waals surface area contributed by atoms with Gasteiger partial charge in [-0.3, -0.25) is 4.79 Å². The summed E-state index contributed by atoms with van der Waals surface area (Å²) >= 11 is 0. The van der Waals surface area contributed by atoms with E-state index < -0.39 is 25.7 Å². The molecule has 6 nitrogen and oxygen atoms in total. The van der Waals surface area contributed by atoms with Crippen LogP contribution in [0.1, 0.15) is 10.4 Å². The van der Waals surface area contributed by atoms with Gasteiger partial charge in [0.2, 0.25) is 0 Å². The Morgan fingerprint density at radius 3 is 2.57 bits per heavy atom. The van der Waals surface area contributed by atoms with E-state index in [9.17, 15) is 17.6 Å². The van der Waals surface area contributed by atoms with E-state index in [2.05, 4.69) is 5.32 Å². The first-order chi connectivity index (χ1) is 9.77. The van der Waals surface area contributed by atoms with E-state index >= 15 is 0 Å². The number of rotatable bonds is 7. The van der Waals surface area contributed by atoms with Crippen LogP contribution in [0.25, 0.3) is 0 Å². The fourth-order valence-electron chi connectivity index (χ4n) is 1.54. The van der Waals surface area contributed by atoms with Crippen LogP contribution in [0.15, 0.2) is 23.1 Å². The van der Waals surface area contributed by atoms with Gasteiger partial charge in [-0.05, 0) is 18.2 Å². The smallest absolute Gasteiger partial charge is 0.261 e. The predicted molar refractivity (Wildman–Crippen MR) is 74.4 cm³/mol. The van der Waals surface area contributed by atoms with Crippen molar-refractivity contribution < 1.29 is 27.1 Å². The van der Waals surface area contributed by atoms with Gasteiger partial charge >= 0.3 is 0 Å². The van der Waals surface area contributed by atoms with Crippen LogP contribution in [0.2, 0.25) is 0 Å². The molecule has 0 saturated heterocycles. The molecular formula is C12H15ClFNO5S. The first-order valence-electron chi connectivity index (χ1n) is 5.83. The standard InChI is InChI=1S/C12H15ClFNO5S/c1-19-7-10(20-2)6-15-12(16)8-3-9(14)5-11(4-8)21(13,17)18/h3-5,10H,6-7H2,1-2H3,(H,15,16). The van der Waals surface area contributed by atoms with Crippen LogP contribution in [-0.2, 0) is 18.5 Å². The molecule has 21 heavy (non-hydrogen) atoms. The zero-order chi connectivity index (χ0) is 16.0. The van der Waals surface area contributed by atoms with Crippen molar-refractivity contribution in [3.05, 3.63) is 29.6 Å². The highest BCUT2D eigenvalue weighted by Gasteiger charge is 2.17. The summed E-state index contributed by atoms with van der Waals surface area (Å²) in [4.78, 5) is 11.4. The summed E-state index contributed by atoms with van der Waals surface area (Å²) in [5.41, 5.74) is -0.151. The summed E-state index contributed by atoms with van der Waals surface area (Å²) in [6, 6.07) is 2.65. The number of nitrogens with one attached hydrogen (secondary N) is 1. The van der Waals surface area contributed by atoms with E-state index in [0.29, 0.717) is 0 Å². The first-order valence-corrected chi connectivity index (χ1v) is 8.14. The molecule has 0 saturated carbocycles. The molecule has 118 valence electrons. The SMILES string of the molecule is COCC(CNC(=O)c1cc(F)cc(S(=O)(=O)Cl)c1)OC. The fraction of sp³-hybridized carbons (Fsp3) is 0.417. The Morgan fingerprint density at radius 1 is 1.38 bits per heavy atom. The average Bonchev–Trinajstić information content (AvgIpc) is 2.41. The lowest BCUT2D eigenvalue weighted by molar-refractivity contribution is 0.0285. The van der Waals surface area contributed by atoms with E-state index in [1.54, 1.807) is 0 Å². The molecule has 9 heteroatoms. The lowest BCUT2D eigenvalue weighted by Crippen LogP contribution is -2.35. The van der Waals surface area contributed by atoms with Gasteiger partial charge in [-0.25, -0.2) is 12.8 Å². The molecule has 0 bridgehead atoms. The Balaban J connectivity index is 2.86. The summed E-state index contributed by atoms with van der Waals surface area (Å²) in [7, 11) is 3.96. The van der Waals surface area contributed by atoms with Crippen LogP contribution in [0, 0.1) is 5.82 Å². The molecular weight excluding hydrogens is 325 g/mol. The zero-order valence-electron chi connectivity index (χ0n) is 11.4. The summed E-state index contributed by atoms with van der Waals surface area (Å²) < 4.78 is 45.7. The highest BCUT2D eigenvalue weighted by atomic mass is 35.7.